The number of hydrogen-bond acceptors (Lipinski definition) is 3. The number of amides is 1. The highest BCUT2D eigenvalue weighted by Crippen LogP contribution is 2.43. The van der Waals surface area contributed by atoms with Crippen LogP contribution < -0.4 is 0 Å². The van der Waals surface area contributed by atoms with Crippen LogP contribution in [0.4, 0.5) is 4.39 Å². The van der Waals surface area contributed by atoms with Gasteiger partial charge in [-0.3, -0.25) is 4.79 Å². The highest BCUT2D eigenvalue weighted by atomic mass is 19.1. The number of esters is 1. The molecule has 1 unspecified atom stereocenters. The van der Waals surface area contributed by atoms with Gasteiger partial charge in [0.1, 0.15) is 5.82 Å². The molecule has 4 rings (SSSR count). The van der Waals surface area contributed by atoms with E-state index < -0.39 is 11.4 Å². The predicted molar refractivity (Wildman–Crippen MR) is 85.1 cm³/mol. The summed E-state index contributed by atoms with van der Waals surface area (Å²) in [6.07, 6.45) is 1.36. The molecule has 0 bridgehead atoms. The van der Waals surface area contributed by atoms with Gasteiger partial charge in [-0.2, -0.15) is 0 Å². The molecule has 1 amide bonds. The van der Waals surface area contributed by atoms with E-state index in [-0.39, 0.29) is 24.0 Å². The van der Waals surface area contributed by atoms with E-state index in [0.29, 0.717) is 24.9 Å². The Labute approximate surface area is 138 Å². The van der Waals surface area contributed by atoms with Crippen molar-refractivity contribution in [2.24, 2.45) is 0 Å². The molecule has 2 aliphatic rings. The Hall–Kier alpha value is -2.69. The van der Waals surface area contributed by atoms with Gasteiger partial charge in [0.15, 0.2) is 5.60 Å². The van der Waals surface area contributed by atoms with Crippen LogP contribution in [0.5, 0.6) is 0 Å². The monoisotopic (exact) mass is 325 g/mol. The van der Waals surface area contributed by atoms with Crippen LogP contribution in [0.3, 0.4) is 0 Å². The van der Waals surface area contributed by atoms with Crippen molar-refractivity contribution in [1.29, 1.82) is 0 Å². The van der Waals surface area contributed by atoms with Crippen LogP contribution in [0.1, 0.15) is 39.1 Å². The predicted octanol–water partition coefficient (Wildman–Crippen LogP) is 3.13. The zero-order valence-corrected chi connectivity index (χ0v) is 13.0. The van der Waals surface area contributed by atoms with E-state index in [4.69, 9.17) is 4.74 Å². The van der Waals surface area contributed by atoms with Gasteiger partial charge in [-0.05, 0) is 31.0 Å². The van der Waals surface area contributed by atoms with Crippen molar-refractivity contribution in [2.75, 3.05) is 13.1 Å². The average Bonchev–Trinajstić information content (AvgIpc) is 2.87. The smallest absolute Gasteiger partial charge is 0.339 e. The largest absolute Gasteiger partial charge is 0.449 e. The number of carbonyl (C=O) groups excluding carboxylic acids is 2. The normalized spacial score (nSPS) is 22.4. The summed E-state index contributed by atoms with van der Waals surface area (Å²) in [5.41, 5.74) is 0.609. The van der Waals surface area contributed by atoms with Gasteiger partial charge in [0.2, 0.25) is 0 Å². The fraction of sp³-hybridized carbons (Fsp3) is 0.263. The molecule has 2 aromatic carbocycles. The maximum atomic E-state index is 13.9. The summed E-state index contributed by atoms with van der Waals surface area (Å²) in [6, 6.07) is 13.2. The molecule has 2 heterocycles. The molecule has 2 aliphatic heterocycles. The third-order valence-electron chi connectivity index (χ3n) is 4.77. The molecule has 122 valence electrons. The van der Waals surface area contributed by atoms with Crippen LogP contribution in [0, 0.1) is 5.82 Å². The number of carbonyl (C=O) groups is 2. The SMILES string of the molecule is O=C1OC2(CCCN(C(=O)c3ccccc3F)C2)c2ccccc21. The highest BCUT2D eigenvalue weighted by molar-refractivity contribution is 5.96. The standard InChI is InChI=1S/C19H16FNO3/c20-16-9-4-2-7-14(16)17(22)21-11-5-10-19(12-21)15-8-3-1-6-13(15)18(23)24-19/h1-4,6-9H,5,10-12H2. The van der Waals surface area contributed by atoms with Crippen LogP contribution in [0.25, 0.3) is 0 Å². The topological polar surface area (TPSA) is 46.6 Å². The van der Waals surface area contributed by atoms with E-state index in [2.05, 4.69) is 0 Å². The molecule has 1 fully saturated rings. The molecule has 24 heavy (non-hydrogen) atoms. The number of halogens is 1. The van der Waals surface area contributed by atoms with Crippen molar-refractivity contribution in [3.63, 3.8) is 0 Å². The Morgan fingerprint density at radius 1 is 1.12 bits per heavy atom. The minimum atomic E-state index is -0.813. The fourth-order valence-corrected chi connectivity index (χ4v) is 3.65. The van der Waals surface area contributed by atoms with Gasteiger partial charge in [0.05, 0.1) is 17.7 Å². The van der Waals surface area contributed by atoms with Crippen molar-refractivity contribution in [3.8, 4) is 0 Å². The molecule has 0 saturated carbocycles. The quantitative estimate of drug-likeness (QED) is 0.757. The van der Waals surface area contributed by atoms with Gasteiger partial charge in [0.25, 0.3) is 5.91 Å². The molecule has 0 radical (unpaired) electrons. The summed E-state index contributed by atoms with van der Waals surface area (Å²) < 4.78 is 19.6. The number of piperidine rings is 1. The van der Waals surface area contributed by atoms with Crippen LogP contribution in [-0.2, 0) is 10.3 Å². The van der Waals surface area contributed by atoms with Gasteiger partial charge in [-0.1, -0.05) is 30.3 Å². The van der Waals surface area contributed by atoms with Gasteiger partial charge in [-0.25, -0.2) is 9.18 Å². The number of hydrogen-bond donors (Lipinski definition) is 0. The second-order valence-electron chi connectivity index (χ2n) is 6.24. The van der Waals surface area contributed by atoms with E-state index in [1.165, 1.54) is 12.1 Å². The minimum absolute atomic E-state index is 0.0483. The first-order valence-electron chi connectivity index (χ1n) is 7.97. The summed E-state index contributed by atoms with van der Waals surface area (Å²) in [5, 5.41) is 0. The van der Waals surface area contributed by atoms with Crippen molar-refractivity contribution < 1.29 is 18.7 Å². The first-order valence-corrected chi connectivity index (χ1v) is 7.97. The van der Waals surface area contributed by atoms with Crippen molar-refractivity contribution in [1.82, 2.24) is 4.90 Å². The lowest BCUT2D eigenvalue weighted by Crippen LogP contribution is -2.48. The zero-order chi connectivity index (χ0) is 16.7. The Balaban J connectivity index is 1.67. The maximum absolute atomic E-state index is 13.9. The second-order valence-corrected chi connectivity index (χ2v) is 6.24. The molecular formula is C19H16FNO3. The minimum Gasteiger partial charge on any atom is -0.449 e. The van der Waals surface area contributed by atoms with Crippen molar-refractivity contribution >= 4 is 11.9 Å². The number of benzene rings is 2. The molecule has 2 aromatic rings. The maximum Gasteiger partial charge on any atom is 0.339 e. The number of fused-ring (bicyclic) bond motifs is 2. The third kappa shape index (κ3) is 2.19. The zero-order valence-electron chi connectivity index (χ0n) is 13.0. The molecule has 4 nitrogen and oxygen atoms in total. The lowest BCUT2D eigenvalue weighted by atomic mass is 9.85. The summed E-state index contributed by atoms with van der Waals surface area (Å²) in [7, 11) is 0. The van der Waals surface area contributed by atoms with Gasteiger partial charge in [-0.15, -0.1) is 0 Å². The Kier molecular flexibility index (Phi) is 3.37. The molecule has 1 atom stereocenters. The van der Waals surface area contributed by atoms with Gasteiger partial charge in [0, 0.05) is 12.1 Å². The number of rotatable bonds is 1. The molecule has 0 aromatic heterocycles. The Morgan fingerprint density at radius 2 is 1.88 bits per heavy atom. The summed E-state index contributed by atoms with van der Waals surface area (Å²) in [4.78, 5) is 26.4. The van der Waals surface area contributed by atoms with E-state index in [1.54, 1.807) is 29.2 Å². The number of ether oxygens (including phenoxy) is 1. The van der Waals surface area contributed by atoms with Crippen LogP contribution in [0.2, 0.25) is 0 Å². The molecule has 1 spiro atoms. The number of likely N-dealkylation sites (tertiary alicyclic amines) is 1. The van der Waals surface area contributed by atoms with Crippen molar-refractivity contribution in [3.05, 3.63) is 71.0 Å². The van der Waals surface area contributed by atoms with E-state index in [1.807, 2.05) is 12.1 Å². The third-order valence-corrected chi connectivity index (χ3v) is 4.77. The first kappa shape index (κ1) is 14.9. The van der Waals surface area contributed by atoms with Crippen LogP contribution in [-0.4, -0.2) is 29.9 Å². The van der Waals surface area contributed by atoms with Crippen LogP contribution >= 0.6 is 0 Å². The highest BCUT2D eigenvalue weighted by Gasteiger charge is 2.48. The lowest BCUT2D eigenvalue weighted by molar-refractivity contribution is -0.0443. The van der Waals surface area contributed by atoms with Crippen molar-refractivity contribution in [2.45, 2.75) is 18.4 Å². The molecule has 5 heteroatoms. The molecule has 1 saturated heterocycles. The van der Waals surface area contributed by atoms with Gasteiger partial charge < -0.3 is 9.64 Å². The average molecular weight is 325 g/mol. The molecule has 0 aliphatic carbocycles. The summed E-state index contributed by atoms with van der Waals surface area (Å²) in [5.74, 6) is -1.26. The second kappa shape index (κ2) is 5.44. The first-order chi connectivity index (χ1) is 11.6. The fourth-order valence-electron chi connectivity index (χ4n) is 3.65. The lowest BCUT2D eigenvalue weighted by Gasteiger charge is -2.39. The van der Waals surface area contributed by atoms with E-state index in [0.717, 1.165) is 5.56 Å². The van der Waals surface area contributed by atoms with E-state index in [9.17, 15) is 14.0 Å². The van der Waals surface area contributed by atoms with E-state index >= 15 is 0 Å². The Morgan fingerprint density at radius 3 is 2.71 bits per heavy atom. The van der Waals surface area contributed by atoms with Crippen LogP contribution in [0.15, 0.2) is 48.5 Å². The summed E-state index contributed by atoms with van der Waals surface area (Å²) >= 11 is 0. The summed E-state index contributed by atoms with van der Waals surface area (Å²) in [6.45, 7) is 0.775. The Bertz CT molecular complexity index is 835. The van der Waals surface area contributed by atoms with Gasteiger partial charge >= 0.3 is 5.97 Å². The molecular weight excluding hydrogens is 309 g/mol. The molecule has 0 N–H and O–H groups in total. The number of nitrogens with zero attached hydrogens (tertiary/aromatic N) is 1.